The van der Waals surface area contributed by atoms with Crippen LogP contribution in [0.25, 0.3) is 0 Å². The zero-order valence-electron chi connectivity index (χ0n) is 8.46. The van der Waals surface area contributed by atoms with Gasteiger partial charge in [-0.05, 0) is 25.3 Å². The molecule has 1 rings (SSSR count). The Hall–Kier alpha value is -0.420. The van der Waals surface area contributed by atoms with Crippen LogP contribution in [0.5, 0.6) is 0 Å². The lowest BCUT2D eigenvalue weighted by Crippen LogP contribution is -2.45. The maximum absolute atomic E-state index is 11.0. The van der Waals surface area contributed by atoms with E-state index in [4.69, 9.17) is 14.9 Å². The van der Waals surface area contributed by atoms with Crippen molar-refractivity contribution >= 4 is 13.6 Å². The Kier molecular flexibility index (Phi) is 3.89. The monoisotopic (exact) mass is 237 g/mol. The van der Waals surface area contributed by atoms with E-state index in [9.17, 15) is 9.36 Å². The summed E-state index contributed by atoms with van der Waals surface area (Å²) in [6.07, 6.45) is 0.887. The summed E-state index contributed by atoms with van der Waals surface area (Å²) in [4.78, 5) is 28.7. The predicted molar refractivity (Wildman–Crippen MR) is 53.7 cm³/mol. The Morgan fingerprint density at radius 1 is 1.53 bits per heavy atom. The molecule has 1 aliphatic heterocycles. The molecule has 1 heterocycles. The number of rotatable bonds is 3. The van der Waals surface area contributed by atoms with E-state index < -0.39 is 25.3 Å². The Morgan fingerprint density at radius 2 is 2.13 bits per heavy atom. The summed E-state index contributed by atoms with van der Waals surface area (Å²) in [6.45, 7) is 1.97. The van der Waals surface area contributed by atoms with Crippen LogP contribution in [-0.4, -0.2) is 39.1 Å². The van der Waals surface area contributed by atoms with Crippen molar-refractivity contribution in [2.75, 3.05) is 6.54 Å². The van der Waals surface area contributed by atoms with Gasteiger partial charge in [0.05, 0.1) is 5.66 Å². The number of aliphatic carboxylic acids is 1. The highest BCUT2D eigenvalue weighted by atomic mass is 31.2. The highest BCUT2D eigenvalue weighted by Gasteiger charge is 2.36. The highest BCUT2D eigenvalue weighted by Crippen LogP contribution is 2.47. The van der Waals surface area contributed by atoms with E-state index >= 15 is 0 Å². The molecule has 3 atom stereocenters. The molecule has 0 aromatic carbocycles. The summed E-state index contributed by atoms with van der Waals surface area (Å²) < 4.78 is 11.0. The summed E-state index contributed by atoms with van der Waals surface area (Å²) in [5.41, 5.74) is -0.763. The van der Waals surface area contributed by atoms with Crippen molar-refractivity contribution < 1.29 is 24.3 Å². The molecule has 88 valence electrons. The van der Waals surface area contributed by atoms with Crippen molar-refractivity contribution in [3.05, 3.63) is 0 Å². The lowest BCUT2D eigenvalue weighted by atomic mass is 9.90. The van der Waals surface area contributed by atoms with E-state index in [0.717, 1.165) is 0 Å². The van der Waals surface area contributed by atoms with Crippen LogP contribution in [0.2, 0.25) is 0 Å². The van der Waals surface area contributed by atoms with Gasteiger partial charge in [0.25, 0.3) is 0 Å². The average Bonchev–Trinajstić information content (AvgIpc) is 2.15. The van der Waals surface area contributed by atoms with E-state index in [0.29, 0.717) is 13.0 Å². The fourth-order valence-corrected chi connectivity index (χ4v) is 2.67. The number of carboxylic acid groups (broad SMARTS) is 1. The van der Waals surface area contributed by atoms with Crippen LogP contribution in [0.3, 0.4) is 0 Å². The third kappa shape index (κ3) is 3.28. The standard InChI is InChI=1S/C8H16NO5P/c1-5(15(12,13)14)6-2-3-9-7(4-6)8(10)11/h5-7,9H,2-4H2,1H3,(H,10,11)(H2,12,13,14)/t5?,6-,7+/m0/s1. The first kappa shape index (κ1) is 12.6. The molecular formula is C8H16NO5P. The second kappa shape index (κ2) is 4.61. The van der Waals surface area contributed by atoms with E-state index in [2.05, 4.69) is 5.32 Å². The number of piperidine rings is 1. The Bertz CT molecular complexity index is 289. The highest BCUT2D eigenvalue weighted by molar-refractivity contribution is 7.52. The molecular weight excluding hydrogens is 221 g/mol. The van der Waals surface area contributed by atoms with Crippen LogP contribution < -0.4 is 5.32 Å². The van der Waals surface area contributed by atoms with Gasteiger partial charge in [-0.2, -0.15) is 0 Å². The van der Waals surface area contributed by atoms with Crippen molar-refractivity contribution in [3.63, 3.8) is 0 Å². The molecule has 1 unspecified atom stereocenters. The summed E-state index contributed by atoms with van der Waals surface area (Å²) >= 11 is 0. The van der Waals surface area contributed by atoms with E-state index in [1.54, 1.807) is 0 Å². The lowest BCUT2D eigenvalue weighted by molar-refractivity contribution is -0.140. The third-order valence-electron chi connectivity index (χ3n) is 2.96. The predicted octanol–water partition coefficient (Wildman–Crippen LogP) is 0.00540. The molecule has 1 saturated heterocycles. The first-order valence-electron chi connectivity index (χ1n) is 4.83. The number of carbonyl (C=O) groups is 1. The minimum absolute atomic E-state index is 0.229. The second-order valence-electron chi connectivity index (χ2n) is 3.96. The molecule has 1 aliphatic rings. The lowest BCUT2D eigenvalue weighted by Gasteiger charge is -2.32. The minimum Gasteiger partial charge on any atom is -0.480 e. The molecule has 0 radical (unpaired) electrons. The minimum atomic E-state index is -4.10. The quantitative estimate of drug-likeness (QED) is 0.515. The molecule has 0 saturated carbocycles. The van der Waals surface area contributed by atoms with Crippen LogP contribution in [0, 0.1) is 5.92 Å². The van der Waals surface area contributed by atoms with Crippen LogP contribution in [-0.2, 0) is 9.36 Å². The molecule has 0 aromatic heterocycles. The maximum atomic E-state index is 11.0. The molecule has 15 heavy (non-hydrogen) atoms. The smallest absolute Gasteiger partial charge is 0.328 e. The first-order chi connectivity index (χ1) is 6.82. The molecule has 1 fully saturated rings. The zero-order chi connectivity index (χ0) is 11.6. The van der Waals surface area contributed by atoms with Crippen molar-refractivity contribution in [2.45, 2.75) is 31.5 Å². The number of hydrogen-bond donors (Lipinski definition) is 4. The van der Waals surface area contributed by atoms with Crippen LogP contribution >= 0.6 is 7.60 Å². The van der Waals surface area contributed by atoms with Crippen molar-refractivity contribution in [1.82, 2.24) is 5.32 Å². The van der Waals surface area contributed by atoms with Crippen LogP contribution in [0.15, 0.2) is 0 Å². The summed E-state index contributed by atoms with van der Waals surface area (Å²) in [5.74, 6) is -1.19. The van der Waals surface area contributed by atoms with Crippen molar-refractivity contribution in [2.24, 2.45) is 5.92 Å². The van der Waals surface area contributed by atoms with Gasteiger partial charge in [-0.15, -0.1) is 0 Å². The second-order valence-corrected chi connectivity index (χ2v) is 5.95. The fraction of sp³-hybridized carbons (Fsp3) is 0.875. The summed E-state index contributed by atoms with van der Waals surface area (Å²) in [5, 5.41) is 11.6. The normalized spacial score (nSPS) is 29.8. The first-order valence-corrected chi connectivity index (χ1v) is 6.52. The van der Waals surface area contributed by atoms with Crippen LogP contribution in [0.4, 0.5) is 0 Å². The van der Waals surface area contributed by atoms with E-state index in [-0.39, 0.29) is 12.3 Å². The topological polar surface area (TPSA) is 107 Å². The SMILES string of the molecule is CC([C@H]1CCN[C@@H](C(=O)O)C1)P(=O)(O)O. The van der Waals surface area contributed by atoms with Gasteiger partial charge in [0.2, 0.25) is 0 Å². The van der Waals surface area contributed by atoms with Gasteiger partial charge in [-0.1, -0.05) is 6.92 Å². The van der Waals surface area contributed by atoms with Gasteiger partial charge in [-0.25, -0.2) is 0 Å². The van der Waals surface area contributed by atoms with Crippen molar-refractivity contribution in [3.8, 4) is 0 Å². The molecule has 0 bridgehead atoms. The Balaban J connectivity index is 2.64. The van der Waals surface area contributed by atoms with Gasteiger partial charge < -0.3 is 20.2 Å². The van der Waals surface area contributed by atoms with Gasteiger partial charge in [0.15, 0.2) is 0 Å². The summed E-state index contributed by atoms with van der Waals surface area (Å²) in [7, 11) is -4.10. The maximum Gasteiger partial charge on any atom is 0.328 e. The average molecular weight is 237 g/mol. The molecule has 4 N–H and O–H groups in total. The van der Waals surface area contributed by atoms with Crippen LogP contribution in [0.1, 0.15) is 19.8 Å². The third-order valence-corrected chi connectivity index (χ3v) is 4.44. The molecule has 0 aromatic rings. The summed E-state index contributed by atoms with van der Waals surface area (Å²) in [6, 6.07) is -0.683. The number of carboxylic acids is 1. The van der Waals surface area contributed by atoms with E-state index in [1.165, 1.54) is 6.92 Å². The Morgan fingerprint density at radius 3 is 2.60 bits per heavy atom. The van der Waals surface area contributed by atoms with Gasteiger partial charge in [0.1, 0.15) is 6.04 Å². The fourth-order valence-electron chi connectivity index (χ4n) is 1.85. The van der Waals surface area contributed by atoms with Gasteiger partial charge in [-0.3, -0.25) is 9.36 Å². The molecule has 0 aliphatic carbocycles. The molecule has 0 spiro atoms. The molecule has 0 amide bonds. The van der Waals surface area contributed by atoms with Crippen molar-refractivity contribution in [1.29, 1.82) is 0 Å². The number of hydrogen-bond acceptors (Lipinski definition) is 3. The van der Waals surface area contributed by atoms with Gasteiger partial charge >= 0.3 is 13.6 Å². The largest absolute Gasteiger partial charge is 0.480 e. The Labute approximate surface area is 87.8 Å². The van der Waals surface area contributed by atoms with Gasteiger partial charge in [0, 0.05) is 0 Å². The zero-order valence-corrected chi connectivity index (χ0v) is 9.35. The molecule has 6 nitrogen and oxygen atoms in total. The number of nitrogens with one attached hydrogen (secondary N) is 1. The molecule has 7 heteroatoms. The van der Waals surface area contributed by atoms with E-state index in [1.807, 2.05) is 0 Å².